The summed E-state index contributed by atoms with van der Waals surface area (Å²) in [6, 6.07) is 12.6. The fraction of sp³-hybridized carbons (Fsp3) is 0.0714. The third-order valence-electron chi connectivity index (χ3n) is 2.81. The van der Waals surface area contributed by atoms with Crippen molar-refractivity contribution in [3.8, 4) is 11.4 Å². The van der Waals surface area contributed by atoms with E-state index in [2.05, 4.69) is 9.97 Å². The van der Waals surface area contributed by atoms with Gasteiger partial charge in [-0.25, -0.2) is 9.37 Å². The minimum absolute atomic E-state index is 0.254. The molecule has 18 heavy (non-hydrogen) atoms. The van der Waals surface area contributed by atoms with Gasteiger partial charge in [-0.15, -0.1) is 11.8 Å². The number of rotatable bonds is 2. The van der Waals surface area contributed by atoms with Crippen LogP contribution in [0.15, 0.2) is 47.4 Å². The van der Waals surface area contributed by atoms with Crippen LogP contribution in [0.5, 0.6) is 0 Å². The van der Waals surface area contributed by atoms with E-state index in [0.717, 1.165) is 27.3 Å². The Morgan fingerprint density at radius 1 is 1.17 bits per heavy atom. The number of benzene rings is 2. The van der Waals surface area contributed by atoms with Crippen LogP contribution in [-0.4, -0.2) is 16.2 Å². The minimum Gasteiger partial charge on any atom is -0.338 e. The van der Waals surface area contributed by atoms with E-state index in [1.54, 1.807) is 17.8 Å². The summed E-state index contributed by atoms with van der Waals surface area (Å²) in [5, 5.41) is 0. The van der Waals surface area contributed by atoms with Gasteiger partial charge in [0.1, 0.15) is 11.6 Å². The average molecular weight is 258 g/mol. The Hall–Kier alpha value is -1.81. The van der Waals surface area contributed by atoms with E-state index in [0.29, 0.717) is 0 Å². The number of hydrogen-bond acceptors (Lipinski definition) is 2. The fourth-order valence-corrected chi connectivity index (χ4v) is 2.55. The van der Waals surface area contributed by atoms with Crippen LogP contribution in [0.1, 0.15) is 0 Å². The molecule has 0 radical (unpaired) electrons. The van der Waals surface area contributed by atoms with Crippen LogP contribution in [0.25, 0.3) is 22.4 Å². The summed E-state index contributed by atoms with van der Waals surface area (Å²) in [6.07, 6.45) is 2.03. The lowest BCUT2D eigenvalue weighted by atomic mass is 10.2. The zero-order valence-corrected chi connectivity index (χ0v) is 10.6. The van der Waals surface area contributed by atoms with E-state index in [-0.39, 0.29) is 5.82 Å². The SMILES string of the molecule is CSc1ccccc1-c1nc2ccc(F)cc2[nH]1. The molecular formula is C14H11FN2S. The number of halogens is 1. The molecule has 0 bridgehead atoms. The lowest BCUT2D eigenvalue weighted by Gasteiger charge is -2.02. The first-order chi connectivity index (χ1) is 8.78. The van der Waals surface area contributed by atoms with Crippen molar-refractivity contribution < 1.29 is 4.39 Å². The number of hydrogen-bond donors (Lipinski definition) is 1. The molecule has 0 amide bonds. The molecule has 1 heterocycles. The molecule has 0 saturated heterocycles. The molecule has 0 fully saturated rings. The summed E-state index contributed by atoms with van der Waals surface area (Å²) in [5.74, 6) is 0.524. The molecule has 4 heteroatoms. The number of nitrogens with zero attached hydrogens (tertiary/aromatic N) is 1. The summed E-state index contributed by atoms with van der Waals surface area (Å²) in [6.45, 7) is 0. The van der Waals surface area contributed by atoms with Gasteiger partial charge in [0.15, 0.2) is 0 Å². The van der Waals surface area contributed by atoms with Crippen LogP contribution < -0.4 is 0 Å². The van der Waals surface area contributed by atoms with Gasteiger partial charge in [-0.2, -0.15) is 0 Å². The highest BCUT2D eigenvalue weighted by Crippen LogP contribution is 2.29. The average Bonchev–Trinajstić information content (AvgIpc) is 2.81. The monoisotopic (exact) mass is 258 g/mol. The fourth-order valence-electron chi connectivity index (χ4n) is 1.95. The Morgan fingerprint density at radius 3 is 2.83 bits per heavy atom. The summed E-state index contributed by atoms with van der Waals surface area (Å²) in [5.41, 5.74) is 2.55. The number of aromatic nitrogens is 2. The van der Waals surface area contributed by atoms with Crippen molar-refractivity contribution in [3.63, 3.8) is 0 Å². The van der Waals surface area contributed by atoms with Gasteiger partial charge in [0, 0.05) is 10.5 Å². The normalized spacial score (nSPS) is 11.0. The molecule has 0 atom stereocenters. The molecule has 1 aromatic heterocycles. The van der Waals surface area contributed by atoms with E-state index < -0.39 is 0 Å². The maximum absolute atomic E-state index is 13.1. The highest BCUT2D eigenvalue weighted by atomic mass is 32.2. The highest BCUT2D eigenvalue weighted by molar-refractivity contribution is 7.98. The first-order valence-corrected chi connectivity index (χ1v) is 6.79. The molecule has 0 spiro atoms. The first kappa shape index (κ1) is 11.3. The molecule has 3 rings (SSSR count). The highest BCUT2D eigenvalue weighted by Gasteiger charge is 2.09. The van der Waals surface area contributed by atoms with Crippen LogP contribution in [0, 0.1) is 5.82 Å². The Balaban J connectivity index is 2.19. The molecule has 0 aliphatic heterocycles. The summed E-state index contributed by atoms with van der Waals surface area (Å²) in [7, 11) is 0. The number of thioether (sulfide) groups is 1. The van der Waals surface area contributed by atoms with E-state index in [1.165, 1.54) is 12.1 Å². The molecular weight excluding hydrogens is 247 g/mol. The second kappa shape index (κ2) is 4.46. The maximum atomic E-state index is 13.1. The zero-order chi connectivity index (χ0) is 12.5. The van der Waals surface area contributed by atoms with Crippen LogP contribution >= 0.6 is 11.8 Å². The van der Waals surface area contributed by atoms with E-state index in [1.807, 2.05) is 30.5 Å². The molecule has 0 unspecified atom stereocenters. The number of imidazole rings is 1. The van der Waals surface area contributed by atoms with Crippen molar-refractivity contribution in [1.29, 1.82) is 0 Å². The second-order valence-electron chi connectivity index (χ2n) is 3.95. The first-order valence-electron chi connectivity index (χ1n) is 5.56. The second-order valence-corrected chi connectivity index (χ2v) is 4.80. The van der Waals surface area contributed by atoms with Crippen LogP contribution in [-0.2, 0) is 0 Å². The largest absolute Gasteiger partial charge is 0.338 e. The summed E-state index contributed by atoms with van der Waals surface area (Å²) >= 11 is 1.67. The Morgan fingerprint density at radius 2 is 2.00 bits per heavy atom. The molecule has 1 N–H and O–H groups in total. The van der Waals surface area contributed by atoms with Gasteiger partial charge in [0.05, 0.1) is 11.0 Å². The van der Waals surface area contributed by atoms with Crippen LogP contribution in [0.4, 0.5) is 4.39 Å². The quantitative estimate of drug-likeness (QED) is 0.701. The smallest absolute Gasteiger partial charge is 0.139 e. The van der Waals surface area contributed by atoms with Crippen molar-refractivity contribution in [1.82, 2.24) is 9.97 Å². The van der Waals surface area contributed by atoms with Crippen molar-refractivity contribution >= 4 is 22.8 Å². The van der Waals surface area contributed by atoms with E-state index in [4.69, 9.17) is 0 Å². The molecule has 2 nitrogen and oxygen atoms in total. The number of fused-ring (bicyclic) bond motifs is 1. The van der Waals surface area contributed by atoms with E-state index >= 15 is 0 Å². The van der Waals surface area contributed by atoms with Gasteiger partial charge in [-0.05, 0) is 30.5 Å². The van der Waals surface area contributed by atoms with Crippen molar-refractivity contribution in [3.05, 3.63) is 48.3 Å². The van der Waals surface area contributed by atoms with Crippen molar-refractivity contribution in [2.24, 2.45) is 0 Å². The van der Waals surface area contributed by atoms with Crippen molar-refractivity contribution in [2.75, 3.05) is 6.26 Å². The van der Waals surface area contributed by atoms with Gasteiger partial charge in [-0.3, -0.25) is 0 Å². The Labute approximate surface area is 108 Å². The minimum atomic E-state index is -0.254. The molecule has 3 aromatic rings. The molecule has 0 aliphatic carbocycles. The van der Waals surface area contributed by atoms with Crippen LogP contribution in [0.2, 0.25) is 0 Å². The molecule has 0 aliphatic rings. The third kappa shape index (κ3) is 1.88. The lowest BCUT2D eigenvalue weighted by Crippen LogP contribution is -1.83. The van der Waals surface area contributed by atoms with Crippen LogP contribution in [0.3, 0.4) is 0 Å². The lowest BCUT2D eigenvalue weighted by molar-refractivity contribution is 0.629. The zero-order valence-electron chi connectivity index (χ0n) is 9.77. The van der Waals surface area contributed by atoms with E-state index in [9.17, 15) is 4.39 Å². The third-order valence-corrected chi connectivity index (χ3v) is 3.60. The van der Waals surface area contributed by atoms with Gasteiger partial charge in [0.25, 0.3) is 0 Å². The van der Waals surface area contributed by atoms with Crippen molar-refractivity contribution in [2.45, 2.75) is 4.90 Å². The number of H-pyrrole nitrogens is 1. The van der Waals surface area contributed by atoms with Gasteiger partial charge >= 0.3 is 0 Å². The van der Waals surface area contributed by atoms with Gasteiger partial charge < -0.3 is 4.98 Å². The molecule has 2 aromatic carbocycles. The predicted octanol–water partition coefficient (Wildman–Crippen LogP) is 4.09. The van der Waals surface area contributed by atoms with Gasteiger partial charge in [-0.1, -0.05) is 18.2 Å². The maximum Gasteiger partial charge on any atom is 0.139 e. The standard InChI is InChI=1S/C14H11FN2S/c1-18-13-5-3-2-4-10(13)14-16-11-7-6-9(15)8-12(11)17-14/h2-8H,1H3,(H,16,17). The number of aromatic amines is 1. The van der Waals surface area contributed by atoms with Gasteiger partial charge in [0.2, 0.25) is 0 Å². The Kier molecular flexibility index (Phi) is 2.80. The Bertz CT molecular complexity index is 706. The number of nitrogens with one attached hydrogen (secondary N) is 1. The summed E-state index contributed by atoms with van der Waals surface area (Å²) in [4.78, 5) is 8.81. The molecule has 90 valence electrons. The predicted molar refractivity (Wildman–Crippen MR) is 73.3 cm³/mol. The molecule has 0 saturated carbocycles. The topological polar surface area (TPSA) is 28.7 Å². The summed E-state index contributed by atoms with van der Waals surface area (Å²) < 4.78 is 13.1.